The minimum absolute atomic E-state index is 0. The second kappa shape index (κ2) is 14.8. The summed E-state index contributed by atoms with van der Waals surface area (Å²) in [5, 5.41) is 95.0. The number of hydrogen-bond acceptors (Lipinski definition) is 12. The van der Waals surface area contributed by atoms with E-state index in [4.69, 9.17) is 56.2 Å². The molecular formula is C12H22MnO14. The monoisotopic (exact) mass is 445 g/mol. The van der Waals surface area contributed by atoms with E-state index in [-0.39, 0.29) is 23.4 Å². The van der Waals surface area contributed by atoms with Crippen molar-refractivity contribution in [3.8, 4) is 0 Å². The summed E-state index contributed by atoms with van der Waals surface area (Å²) in [6.45, 7) is -0.760. The quantitative estimate of drug-likeness (QED) is 0.110. The molecule has 0 bridgehead atoms. The molecule has 0 spiro atoms. The Morgan fingerprint density at radius 3 is 1.26 bits per heavy atom. The van der Waals surface area contributed by atoms with E-state index < -0.39 is 67.4 Å². The van der Waals surface area contributed by atoms with Crippen molar-refractivity contribution in [3.05, 3.63) is 0 Å². The van der Waals surface area contributed by atoms with Crippen molar-refractivity contribution in [1.82, 2.24) is 0 Å². The van der Waals surface area contributed by atoms with E-state index in [1.54, 1.807) is 0 Å². The van der Waals surface area contributed by atoms with Gasteiger partial charge in [-0.1, -0.05) is 0 Å². The largest absolute Gasteiger partial charge is 0.479 e. The average Bonchev–Trinajstić information content (AvgIpc) is 2.62. The van der Waals surface area contributed by atoms with Crippen molar-refractivity contribution < 1.29 is 87.6 Å². The third kappa shape index (κ3) is 10.6. The van der Waals surface area contributed by atoms with Crippen LogP contribution in [0.4, 0.5) is 0 Å². The Labute approximate surface area is 162 Å². The minimum atomic E-state index is -2.36. The molecule has 0 aromatic carbocycles. The van der Waals surface area contributed by atoms with Crippen LogP contribution in [-0.2, 0) is 31.5 Å². The molecule has 0 saturated carbocycles. The summed E-state index contributed by atoms with van der Waals surface area (Å²) in [6.07, 6.45) is -16.1. The summed E-state index contributed by atoms with van der Waals surface area (Å²) in [4.78, 5) is 30.1. The van der Waals surface area contributed by atoms with Crippen LogP contribution in [0.3, 0.4) is 0 Å². The number of carboxylic acid groups (broad SMARTS) is 2. The van der Waals surface area contributed by atoms with Gasteiger partial charge < -0.3 is 61.0 Å². The second-order valence-corrected chi connectivity index (χ2v) is 4.91. The fourth-order valence-corrected chi connectivity index (χ4v) is 1.28. The zero-order valence-corrected chi connectivity index (χ0v) is 14.6. The second-order valence-electron chi connectivity index (χ2n) is 4.91. The van der Waals surface area contributed by atoms with Gasteiger partial charge in [0.15, 0.2) is 18.5 Å². The number of aliphatic hydroxyl groups is 9. The van der Waals surface area contributed by atoms with Gasteiger partial charge in [0, 0.05) is 17.1 Å². The predicted molar refractivity (Wildman–Crippen MR) is 76.5 cm³/mol. The zero-order valence-electron chi connectivity index (χ0n) is 13.4. The Morgan fingerprint density at radius 2 is 1.04 bits per heavy atom. The fraction of sp³-hybridized carbons (Fsp3) is 0.750. The Hall–Kier alpha value is -1.23. The number of carbonyl (C=O) groups is 3. The normalized spacial score (nSPS) is 19.4. The molecule has 0 heterocycles. The van der Waals surface area contributed by atoms with Crippen molar-refractivity contribution in [2.24, 2.45) is 0 Å². The van der Waals surface area contributed by atoms with E-state index >= 15 is 0 Å². The predicted octanol–water partition coefficient (Wildman–Crippen LogP) is -6.78. The molecule has 0 rings (SSSR count). The summed E-state index contributed by atoms with van der Waals surface area (Å²) in [5.74, 6) is -3.68. The number of aldehydes is 1. The number of carboxylic acids is 2. The molecule has 1 radical (unpaired) electrons. The molecule has 0 fully saturated rings. The van der Waals surface area contributed by atoms with Crippen LogP contribution in [0.25, 0.3) is 0 Å². The van der Waals surface area contributed by atoms with Crippen molar-refractivity contribution in [3.63, 3.8) is 0 Å². The Morgan fingerprint density at radius 1 is 0.704 bits per heavy atom. The Balaban J connectivity index is -0.000000416. The van der Waals surface area contributed by atoms with Crippen molar-refractivity contribution in [2.45, 2.75) is 48.8 Å². The van der Waals surface area contributed by atoms with E-state index in [9.17, 15) is 14.4 Å². The topological polar surface area (TPSA) is 274 Å². The van der Waals surface area contributed by atoms with Crippen molar-refractivity contribution in [2.75, 3.05) is 6.61 Å². The van der Waals surface area contributed by atoms with Crippen molar-refractivity contribution in [1.29, 1.82) is 0 Å². The van der Waals surface area contributed by atoms with Crippen LogP contribution in [0.5, 0.6) is 0 Å². The van der Waals surface area contributed by atoms with Gasteiger partial charge in [0.05, 0.1) is 6.61 Å². The van der Waals surface area contributed by atoms with Crippen LogP contribution in [0.1, 0.15) is 0 Å². The number of aliphatic carboxylic acids is 2. The van der Waals surface area contributed by atoms with Gasteiger partial charge in [-0.3, -0.25) is 0 Å². The van der Waals surface area contributed by atoms with E-state index in [1.807, 2.05) is 0 Å². The number of hydrogen-bond donors (Lipinski definition) is 11. The molecule has 11 N–H and O–H groups in total. The molecule has 161 valence electrons. The van der Waals surface area contributed by atoms with Crippen LogP contribution >= 0.6 is 0 Å². The molecule has 0 amide bonds. The first-order valence-electron chi connectivity index (χ1n) is 6.79. The van der Waals surface area contributed by atoms with E-state index in [2.05, 4.69) is 0 Å². The van der Waals surface area contributed by atoms with Gasteiger partial charge in [-0.15, -0.1) is 0 Å². The third-order valence-corrected chi connectivity index (χ3v) is 2.92. The number of carbonyl (C=O) groups excluding carboxylic acids is 1. The van der Waals surface area contributed by atoms with E-state index in [0.29, 0.717) is 0 Å². The van der Waals surface area contributed by atoms with E-state index in [1.165, 1.54) is 0 Å². The van der Waals surface area contributed by atoms with Crippen LogP contribution in [0.15, 0.2) is 0 Å². The molecule has 0 aromatic rings. The van der Waals surface area contributed by atoms with Gasteiger partial charge in [-0.2, -0.15) is 0 Å². The molecular weight excluding hydrogens is 423 g/mol. The maximum Gasteiger partial charge on any atom is 0.335 e. The van der Waals surface area contributed by atoms with Gasteiger partial charge >= 0.3 is 11.9 Å². The van der Waals surface area contributed by atoms with Crippen LogP contribution in [0, 0.1) is 0 Å². The molecule has 27 heavy (non-hydrogen) atoms. The molecule has 0 aromatic heterocycles. The first-order valence-corrected chi connectivity index (χ1v) is 6.79. The average molecular weight is 445 g/mol. The first kappa shape index (κ1) is 30.5. The summed E-state index contributed by atoms with van der Waals surface area (Å²) in [7, 11) is 0. The maximum atomic E-state index is 10.1. The van der Waals surface area contributed by atoms with Gasteiger partial charge in [-0.25, -0.2) is 9.59 Å². The van der Waals surface area contributed by atoms with Gasteiger partial charge in [0.1, 0.15) is 36.6 Å². The Bertz CT molecular complexity index is 424. The van der Waals surface area contributed by atoms with Crippen LogP contribution in [-0.4, -0.2) is 130 Å². The van der Waals surface area contributed by atoms with Gasteiger partial charge in [0.2, 0.25) is 0 Å². The zero-order chi connectivity index (χ0) is 21.2. The molecule has 0 aliphatic carbocycles. The molecule has 8 unspecified atom stereocenters. The third-order valence-electron chi connectivity index (χ3n) is 2.92. The molecule has 0 aliphatic rings. The summed E-state index contributed by atoms with van der Waals surface area (Å²) < 4.78 is 0. The number of rotatable bonds is 10. The van der Waals surface area contributed by atoms with Gasteiger partial charge in [0.25, 0.3) is 0 Å². The number of aliphatic hydroxyl groups excluding tert-OH is 9. The van der Waals surface area contributed by atoms with Crippen LogP contribution in [0.2, 0.25) is 0 Å². The molecule has 8 atom stereocenters. The minimum Gasteiger partial charge on any atom is -0.479 e. The Kier molecular flexibility index (Phi) is 16.7. The maximum absolute atomic E-state index is 10.1. The van der Waals surface area contributed by atoms with Crippen molar-refractivity contribution >= 4 is 18.2 Å². The standard InChI is InChI=1S/C6H10O8.C6H12O6.Mn/c7-1(3(9)5(11)12)2(8)4(10)6(13)14;7-1-3(9)5(11)6(12)4(10)2-8;/h1-4,7-10H,(H,11,12)(H,13,14);1,3-6,8-12H,2H2;. The fourth-order valence-electron chi connectivity index (χ4n) is 1.28. The molecule has 14 nitrogen and oxygen atoms in total. The summed E-state index contributed by atoms with van der Waals surface area (Å²) >= 11 is 0. The molecule has 15 heteroatoms. The summed E-state index contributed by atoms with van der Waals surface area (Å²) in [6, 6.07) is 0. The first-order chi connectivity index (χ1) is 11.8. The van der Waals surface area contributed by atoms with Crippen LogP contribution < -0.4 is 0 Å². The van der Waals surface area contributed by atoms with E-state index in [0.717, 1.165) is 0 Å². The molecule has 0 aliphatic heterocycles. The SMILES string of the molecule is O=C(O)C(O)C(O)C(O)C(O)C(=O)O.O=CC(O)C(O)C(O)C(O)CO.[Mn]. The van der Waals surface area contributed by atoms with Gasteiger partial charge in [-0.05, 0) is 0 Å². The molecule has 0 saturated heterocycles. The summed E-state index contributed by atoms with van der Waals surface area (Å²) in [5.41, 5.74) is 0. The smallest absolute Gasteiger partial charge is 0.335 e.